The van der Waals surface area contributed by atoms with E-state index < -0.39 is 0 Å². The molecule has 1 aliphatic carbocycles. The van der Waals surface area contributed by atoms with Gasteiger partial charge < -0.3 is 16.0 Å². The van der Waals surface area contributed by atoms with Gasteiger partial charge in [0.2, 0.25) is 5.91 Å². The second kappa shape index (κ2) is 7.99. The second-order valence-electron chi connectivity index (χ2n) is 6.75. The van der Waals surface area contributed by atoms with Crippen LogP contribution in [0, 0.1) is 13.8 Å². The van der Waals surface area contributed by atoms with E-state index in [1.54, 1.807) is 12.4 Å². The summed E-state index contributed by atoms with van der Waals surface area (Å²) in [6, 6.07) is 9.45. The van der Waals surface area contributed by atoms with E-state index >= 15 is 0 Å². The Morgan fingerprint density at radius 2 is 2.04 bits per heavy atom. The van der Waals surface area contributed by atoms with E-state index in [1.807, 2.05) is 38.1 Å². The van der Waals surface area contributed by atoms with Crippen LogP contribution in [0.5, 0.6) is 0 Å². The van der Waals surface area contributed by atoms with E-state index in [1.165, 1.54) is 0 Å². The number of pyridine rings is 1. The lowest BCUT2D eigenvalue weighted by atomic mass is 9.95. The summed E-state index contributed by atoms with van der Waals surface area (Å²) >= 11 is 0. The SMILES string of the molecule is Cc1ccc(C(NC(=O)NCC(=O)NC2CC2)c2cccnc2)c(C)c1. The van der Waals surface area contributed by atoms with Crippen molar-refractivity contribution in [1.29, 1.82) is 0 Å². The fourth-order valence-electron chi connectivity index (χ4n) is 2.89. The van der Waals surface area contributed by atoms with E-state index in [-0.39, 0.29) is 30.6 Å². The predicted octanol–water partition coefficient (Wildman–Crippen LogP) is 2.37. The Bertz CT molecular complexity index is 788. The number of nitrogens with zero attached hydrogens (tertiary/aromatic N) is 1. The highest BCUT2D eigenvalue weighted by molar-refractivity contribution is 5.84. The van der Waals surface area contributed by atoms with Crippen LogP contribution in [0.15, 0.2) is 42.7 Å². The molecule has 1 unspecified atom stereocenters. The molecule has 0 saturated heterocycles. The zero-order chi connectivity index (χ0) is 18.5. The maximum Gasteiger partial charge on any atom is 0.315 e. The molecule has 1 atom stereocenters. The Hall–Kier alpha value is -2.89. The molecule has 1 saturated carbocycles. The number of aromatic nitrogens is 1. The second-order valence-corrected chi connectivity index (χ2v) is 6.75. The van der Waals surface area contributed by atoms with E-state index in [2.05, 4.69) is 27.0 Å². The van der Waals surface area contributed by atoms with Gasteiger partial charge in [-0.15, -0.1) is 0 Å². The summed E-state index contributed by atoms with van der Waals surface area (Å²) in [4.78, 5) is 28.3. The molecule has 26 heavy (non-hydrogen) atoms. The van der Waals surface area contributed by atoms with Crippen molar-refractivity contribution in [1.82, 2.24) is 20.9 Å². The minimum atomic E-state index is -0.384. The molecule has 3 amide bonds. The number of amides is 3. The smallest absolute Gasteiger partial charge is 0.315 e. The highest BCUT2D eigenvalue weighted by atomic mass is 16.2. The molecular formula is C20H24N4O2. The molecule has 6 heteroatoms. The maximum absolute atomic E-state index is 12.4. The van der Waals surface area contributed by atoms with Gasteiger partial charge in [-0.1, -0.05) is 29.8 Å². The van der Waals surface area contributed by atoms with Gasteiger partial charge in [-0.25, -0.2) is 4.79 Å². The molecule has 1 fully saturated rings. The summed E-state index contributed by atoms with van der Waals surface area (Å²) in [7, 11) is 0. The molecule has 136 valence electrons. The first-order chi connectivity index (χ1) is 12.5. The van der Waals surface area contributed by atoms with Crippen molar-refractivity contribution < 1.29 is 9.59 Å². The molecule has 6 nitrogen and oxygen atoms in total. The average molecular weight is 352 g/mol. The number of urea groups is 1. The molecule has 1 aromatic carbocycles. The van der Waals surface area contributed by atoms with Crippen LogP contribution < -0.4 is 16.0 Å². The number of carbonyl (C=O) groups is 2. The molecule has 0 radical (unpaired) electrons. The van der Waals surface area contributed by atoms with Crippen molar-refractivity contribution in [2.75, 3.05) is 6.54 Å². The molecule has 3 N–H and O–H groups in total. The third kappa shape index (κ3) is 4.81. The Morgan fingerprint density at radius 1 is 1.23 bits per heavy atom. The van der Waals surface area contributed by atoms with Gasteiger partial charge in [0.05, 0.1) is 12.6 Å². The van der Waals surface area contributed by atoms with Gasteiger partial charge in [-0.2, -0.15) is 0 Å². The van der Waals surface area contributed by atoms with Crippen LogP contribution >= 0.6 is 0 Å². The molecule has 1 heterocycles. The molecule has 0 spiro atoms. The highest BCUT2D eigenvalue weighted by Crippen LogP contribution is 2.25. The van der Waals surface area contributed by atoms with Crippen molar-refractivity contribution in [3.63, 3.8) is 0 Å². The summed E-state index contributed by atoms with van der Waals surface area (Å²) in [5.41, 5.74) is 4.14. The molecular weight excluding hydrogens is 328 g/mol. The summed E-state index contributed by atoms with van der Waals surface area (Å²) in [5.74, 6) is -0.160. The van der Waals surface area contributed by atoms with Crippen molar-refractivity contribution in [2.45, 2.75) is 38.8 Å². The van der Waals surface area contributed by atoms with Crippen LogP contribution in [0.3, 0.4) is 0 Å². The van der Waals surface area contributed by atoms with E-state index in [9.17, 15) is 9.59 Å². The van der Waals surface area contributed by atoms with Gasteiger partial charge in [0.1, 0.15) is 0 Å². The van der Waals surface area contributed by atoms with E-state index in [0.717, 1.165) is 35.1 Å². The summed E-state index contributed by atoms with van der Waals surface area (Å²) in [6.45, 7) is 4.03. The third-order valence-electron chi connectivity index (χ3n) is 4.38. The summed E-state index contributed by atoms with van der Waals surface area (Å²) in [6.07, 6.45) is 5.48. The number of rotatable bonds is 6. The maximum atomic E-state index is 12.4. The Balaban J connectivity index is 1.71. The van der Waals surface area contributed by atoms with Gasteiger partial charge in [-0.3, -0.25) is 9.78 Å². The molecule has 0 aliphatic heterocycles. The van der Waals surface area contributed by atoms with Crippen LogP contribution in [0.25, 0.3) is 0 Å². The molecule has 2 aromatic rings. The van der Waals surface area contributed by atoms with Crippen molar-refractivity contribution in [3.8, 4) is 0 Å². The lowest BCUT2D eigenvalue weighted by Gasteiger charge is -2.22. The summed E-state index contributed by atoms with van der Waals surface area (Å²) in [5, 5.41) is 8.45. The van der Waals surface area contributed by atoms with E-state index in [4.69, 9.17) is 0 Å². The van der Waals surface area contributed by atoms with Crippen molar-refractivity contribution in [3.05, 3.63) is 65.0 Å². The predicted molar refractivity (Wildman–Crippen MR) is 99.7 cm³/mol. The van der Waals surface area contributed by atoms with E-state index in [0.29, 0.717) is 0 Å². The van der Waals surface area contributed by atoms with Gasteiger partial charge in [-0.05, 0) is 49.4 Å². The number of nitrogens with one attached hydrogen (secondary N) is 3. The third-order valence-corrected chi connectivity index (χ3v) is 4.38. The topological polar surface area (TPSA) is 83.1 Å². The molecule has 0 bridgehead atoms. The van der Waals surface area contributed by atoms with Gasteiger partial charge in [0.15, 0.2) is 0 Å². The lowest BCUT2D eigenvalue weighted by Crippen LogP contribution is -2.44. The standard InChI is InChI=1S/C20H24N4O2/c1-13-5-8-17(14(2)10-13)19(15-4-3-9-21-11-15)24-20(26)22-12-18(25)23-16-6-7-16/h3-5,8-11,16,19H,6-7,12H2,1-2H3,(H,23,25)(H2,22,24,26). The van der Waals surface area contributed by atoms with Crippen LogP contribution in [-0.2, 0) is 4.79 Å². The minimum absolute atomic E-state index is 0.0328. The molecule has 3 rings (SSSR count). The first-order valence-corrected chi connectivity index (χ1v) is 8.84. The highest BCUT2D eigenvalue weighted by Gasteiger charge is 2.24. The normalized spacial score (nSPS) is 14.4. The largest absolute Gasteiger partial charge is 0.352 e. The fourth-order valence-corrected chi connectivity index (χ4v) is 2.89. The van der Waals surface area contributed by atoms with Crippen LogP contribution in [0.4, 0.5) is 4.79 Å². The lowest BCUT2D eigenvalue weighted by molar-refractivity contribution is -0.120. The van der Waals surface area contributed by atoms with Crippen molar-refractivity contribution in [2.24, 2.45) is 0 Å². The number of carbonyl (C=O) groups excluding carboxylic acids is 2. The number of hydrogen-bond acceptors (Lipinski definition) is 3. The van der Waals surface area contributed by atoms with Crippen molar-refractivity contribution >= 4 is 11.9 Å². The first kappa shape index (κ1) is 17.9. The van der Waals surface area contributed by atoms with Gasteiger partial charge in [0, 0.05) is 18.4 Å². The molecule has 1 aliphatic rings. The monoisotopic (exact) mass is 352 g/mol. The number of hydrogen-bond donors (Lipinski definition) is 3. The molecule has 1 aromatic heterocycles. The van der Waals surface area contributed by atoms with Gasteiger partial charge in [0.25, 0.3) is 0 Å². The Labute approximate surface area is 153 Å². The van der Waals surface area contributed by atoms with Crippen LogP contribution in [0.1, 0.15) is 41.1 Å². The van der Waals surface area contributed by atoms with Crippen LogP contribution in [0.2, 0.25) is 0 Å². The Kier molecular flexibility index (Phi) is 5.51. The first-order valence-electron chi connectivity index (χ1n) is 8.84. The Morgan fingerprint density at radius 3 is 2.69 bits per heavy atom. The zero-order valence-electron chi connectivity index (χ0n) is 15.1. The average Bonchev–Trinajstić information content (AvgIpc) is 3.43. The zero-order valence-corrected chi connectivity index (χ0v) is 15.1. The number of aryl methyl sites for hydroxylation is 2. The summed E-state index contributed by atoms with van der Waals surface area (Å²) < 4.78 is 0. The van der Waals surface area contributed by atoms with Crippen LogP contribution in [-0.4, -0.2) is 29.5 Å². The minimum Gasteiger partial charge on any atom is -0.352 e. The van der Waals surface area contributed by atoms with Gasteiger partial charge >= 0.3 is 6.03 Å². The fraction of sp³-hybridized carbons (Fsp3) is 0.350. The number of benzene rings is 1. The quantitative estimate of drug-likeness (QED) is 0.746.